The number of carbonyl (C=O) groups excluding carboxylic acids is 1. The highest BCUT2D eigenvalue weighted by Crippen LogP contribution is 2.32. The monoisotopic (exact) mass is 250 g/mol. The average molecular weight is 250 g/mol. The molecule has 0 radical (unpaired) electrons. The Bertz CT molecular complexity index is 430. The predicted octanol–water partition coefficient (Wildman–Crippen LogP) is 1.38. The van der Waals surface area contributed by atoms with E-state index in [-0.39, 0.29) is 11.8 Å². The lowest BCUT2D eigenvalue weighted by Crippen LogP contribution is -2.28. The molecule has 98 valence electrons. The summed E-state index contributed by atoms with van der Waals surface area (Å²) in [5.74, 6) is 1.17. The molecule has 0 aliphatic carbocycles. The molecule has 1 atom stereocenters. The second kappa shape index (κ2) is 5.73. The Morgan fingerprint density at radius 1 is 1.39 bits per heavy atom. The van der Waals surface area contributed by atoms with Gasteiger partial charge in [0.25, 0.3) is 0 Å². The molecule has 0 aromatic heterocycles. The maximum absolute atomic E-state index is 11.9. The number of nitrogens with one attached hydrogen (secondary N) is 1. The van der Waals surface area contributed by atoms with Crippen molar-refractivity contribution < 1.29 is 14.3 Å². The zero-order valence-electron chi connectivity index (χ0n) is 10.4. The van der Waals surface area contributed by atoms with Crippen molar-refractivity contribution in [3.8, 4) is 11.5 Å². The van der Waals surface area contributed by atoms with Crippen LogP contribution in [-0.2, 0) is 4.79 Å². The van der Waals surface area contributed by atoms with Gasteiger partial charge in [-0.25, -0.2) is 0 Å². The van der Waals surface area contributed by atoms with E-state index < -0.39 is 0 Å². The summed E-state index contributed by atoms with van der Waals surface area (Å²) < 4.78 is 10.9. The molecule has 0 saturated carbocycles. The molecule has 3 N–H and O–H groups in total. The van der Waals surface area contributed by atoms with Crippen LogP contribution in [0.4, 0.5) is 5.69 Å². The quantitative estimate of drug-likeness (QED) is 0.846. The van der Waals surface area contributed by atoms with Crippen LogP contribution in [0.15, 0.2) is 18.2 Å². The van der Waals surface area contributed by atoms with E-state index in [2.05, 4.69) is 5.32 Å². The fraction of sp³-hybridized carbons (Fsp3) is 0.462. The number of amides is 1. The first kappa shape index (κ1) is 12.7. The molecule has 1 aliphatic heterocycles. The van der Waals surface area contributed by atoms with Gasteiger partial charge in [-0.1, -0.05) is 6.92 Å². The van der Waals surface area contributed by atoms with Crippen LogP contribution in [0.5, 0.6) is 11.5 Å². The van der Waals surface area contributed by atoms with Crippen molar-refractivity contribution in [3.05, 3.63) is 18.2 Å². The fourth-order valence-corrected chi connectivity index (χ4v) is 1.82. The molecule has 5 nitrogen and oxygen atoms in total. The topological polar surface area (TPSA) is 73.6 Å². The van der Waals surface area contributed by atoms with Crippen molar-refractivity contribution in [1.29, 1.82) is 0 Å². The molecule has 1 aromatic carbocycles. The number of hydrogen-bond donors (Lipinski definition) is 2. The van der Waals surface area contributed by atoms with Gasteiger partial charge in [-0.05, 0) is 18.6 Å². The smallest absolute Gasteiger partial charge is 0.228 e. The fourth-order valence-electron chi connectivity index (χ4n) is 1.82. The Labute approximate surface area is 106 Å². The first-order valence-electron chi connectivity index (χ1n) is 6.15. The van der Waals surface area contributed by atoms with Crippen molar-refractivity contribution in [2.45, 2.75) is 13.3 Å². The zero-order chi connectivity index (χ0) is 13.0. The van der Waals surface area contributed by atoms with Crippen LogP contribution in [0.1, 0.15) is 13.3 Å². The third kappa shape index (κ3) is 2.73. The van der Waals surface area contributed by atoms with Crippen LogP contribution in [0, 0.1) is 5.92 Å². The summed E-state index contributed by atoms with van der Waals surface area (Å²) in [7, 11) is 0. The number of ether oxygens (including phenoxy) is 2. The summed E-state index contributed by atoms with van der Waals surface area (Å²) in [5.41, 5.74) is 6.25. The Hall–Kier alpha value is -1.75. The van der Waals surface area contributed by atoms with Crippen LogP contribution >= 0.6 is 0 Å². The summed E-state index contributed by atoms with van der Waals surface area (Å²) >= 11 is 0. The van der Waals surface area contributed by atoms with Crippen LogP contribution < -0.4 is 20.5 Å². The molecule has 2 rings (SSSR count). The molecular formula is C13H18N2O3. The molecule has 1 aliphatic rings. The number of hydrogen-bond acceptors (Lipinski definition) is 4. The summed E-state index contributed by atoms with van der Waals surface area (Å²) in [4.78, 5) is 11.9. The van der Waals surface area contributed by atoms with E-state index in [1.165, 1.54) is 0 Å². The molecule has 0 saturated heterocycles. The van der Waals surface area contributed by atoms with Crippen molar-refractivity contribution >= 4 is 11.6 Å². The van der Waals surface area contributed by atoms with Crippen LogP contribution in [0.2, 0.25) is 0 Å². The van der Waals surface area contributed by atoms with Crippen LogP contribution in [0.3, 0.4) is 0 Å². The summed E-state index contributed by atoms with van der Waals surface area (Å²) in [5, 5.41) is 2.84. The Balaban J connectivity index is 2.08. The molecule has 1 aromatic rings. The lowest BCUT2D eigenvalue weighted by Gasteiger charge is -2.19. The van der Waals surface area contributed by atoms with Crippen molar-refractivity contribution in [1.82, 2.24) is 0 Å². The van der Waals surface area contributed by atoms with E-state index in [9.17, 15) is 4.79 Å². The van der Waals surface area contributed by atoms with E-state index in [1.807, 2.05) is 6.92 Å². The molecule has 1 unspecified atom stereocenters. The molecule has 18 heavy (non-hydrogen) atoms. The van der Waals surface area contributed by atoms with E-state index in [1.54, 1.807) is 18.2 Å². The first-order chi connectivity index (χ1) is 8.74. The molecular weight excluding hydrogens is 232 g/mol. The maximum atomic E-state index is 11.9. The normalized spacial score (nSPS) is 15.0. The molecule has 5 heteroatoms. The second-order valence-corrected chi connectivity index (χ2v) is 4.19. The highest BCUT2D eigenvalue weighted by molar-refractivity contribution is 5.93. The van der Waals surface area contributed by atoms with Gasteiger partial charge in [-0.15, -0.1) is 0 Å². The molecule has 1 amide bonds. The standard InChI is InChI=1S/C13H18N2O3/c1-2-9(8-14)13(16)15-10-3-4-11-12(7-10)18-6-5-17-11/h3-4,7,9H,2,5-6,8,14H2,1H3,(H,15,16). The Morgan fingerprint density at radius 2 is 2.11 bits per heavy atom. The van der Waals surface area contributed by atoms with Gasteiger partial charge in [0.15, 0.2) is 11.5 Å². The van der Waals surface area contributed by atoms with E-state index in [0.29, 0.717) is 36.9 Å². The van der Waals surface area contributed by atoms with Gasteiger partial charge in [0.05, 0.1) is 5.92 Å². The SMILES string of the molecule is CCC(CN)C(=O)Nc1ccc2c(c1)OCCO2. The lowest BCUT2D eigenvalue weighted by atomic mass is 10.1. The summed E-state index contributed by atoms with van der Waals surface area (Å²) in [6.45, 7) is 3.39. The zero-order valence-corrected chi connectivity index (χ0v) is 10.4. The van der Waals surface area contributed by atoms with Gasteiger partial charge in [0.2, 0.25) is 5.91 Å². The number of rotatable bonds is 4. The predicted molar refractivity (Wildman–Crippen MR) is 68.9 cm³/mol. The summed E-state index contributed by atoms with van der Waals surface area (Å²) in [6.07, 6.45) is 0.729. The molecule has 0 spiro atoms. The summed E-state index contributed by atoms with van der Waals surface area (Å²) in [6, 6.07) is 5.37. The van der Waals surface area contributed by atoms with Crippen molar-refractivity contribution in [3.63, 3.8) is 0 Å². The highest BCUT2D eigenvalue weighted by Gasteiger charge is 2.16. The van der Waals surface area contributed by atoms with E-state index >= 15 is 0 Å². The van der Waals surface area contributed by atoms with Crippen LogP contribution in [0.25, 0.3) is 0 Å². The van der Waals surface area contributed by atoms with Gasteiger partial charge in [-0.3, -0.25) is 4.79 Å². The van der Waals surface area contributed by atoms with E-state index in [0.717, 1.165) is 6.42 Å². The van der Waals surface area contributed by atoms with Gasteiger partial charge < -0.3 is 20.5 Å². The number of benzene rings is 1. The minimum Gasteiger partial charge on any atom is -0.486 e. The minimum absolute atomic E-state index is 0.0586. The van der Waals surface area contributed by atoms with Gasteiger partial charge in [0.1, 0.15) is 13.2 Å². The van der Waals surface area contributed by atoms with Crippen LogP contribution in [-0.4, -0.2) is 25.7 Å². The number of carbonyl (C=O) groups is 1. The number of fused-ring (bicyclic) bond motifs is 1. The average Bonchev–Trinajstić information content (AvgIpc) is 2.40. The lowest BCUT2D eigenvalue weighted by molar-refractivity contribution is -0.119. The highest BCUT2D eigenvalue weighted by atomic mass is 16.6. The first-order valence-corrected chi connectivity index (χ1v) is 6.15. The molecule has 0 fully saturated rings. The van der Waals surface area contributed by atoms with Gasteiger partial charge in [-0.2, -0.15) is 0 Å². The van der Waals surface area contributed by atoms with Crippen molar-refractivity contribution in [2.75, 3.05) is 25.1 Å². The van der Waals surface area contributed by atoms with Gasteiger partial charge in [0, 0.05) is 18.3 Å². The number of nitrogens with two attached hydrogens (primary N) is 1. The Morgan fingerprint density at radius 3 is 2.78 bits per heavy atom. The van der Waals surface area contributed by atoms with Crippen molar-refractivity contribution in [2.24, 2.45) is 11.7 Å². The maximum Gasteiger partial charge on any atom is 0.228 e. The third-order valence-corrected chi connectivity index (χ3v) is 2.96. The third-order valence-electron chi connectivity index (χ3n) is 2.96. The van der Waals surface area contributed by atoms with Gasteiger partial charge >= 0.3 is 0 Å². The largest absolute Gasteiger partial charge is 0.486 e. The van der Waals surface area contributed by atoms with E-state index in [4.69, 9.17) is 15.2 Å². The minimum atomic E-state index is -0.154. The molecule has 1 heterocycles. The second-order valence-electron chi connectivity index (χ2n) is 4.19. The Kier molecular flexibility index (Phi) is 4.04. The number of anilines is 1. The molecule has 0 bridgehead atoms.